The van der Waals surface area contributed by atoms with Crippen molar-refractivity contribution >= 4 is 52.9 Å². The van der Waals surface area contributed by atoms with Crippen LogP contribution in [0, 0.1) is 18.8 Å². The molecule has 2 aliphatic heterocycles. The molecule has 4 heterocycles. The van der Waals surface area contributed by atoms with Gasteiger partial charge in [0.05, 0.1) is 24.5 Å². The average Bonchev–Trinajstić information content (AvgIpc) is 3.90. The molecule has 0 N–H and O–H groups in total. The summed E-state index contributed by atoms with van der Waals surface area (Å²) >= 11 is 4.29. The van der Waals surface area contributed by atoms with Gasteiger partial charge >= 0.3 is 27.0 Å². The standard InChI is InChI=1S/C20H15FN2.C13H8BrFN2.2C12H27P.C7H7.ClH.Pd.Zn/c21-19-12-16(8-9-22-19)20-18-11-15(6-7-17(18)13-23-20)10-14-4-2-1-3-5-14;14-10-2-1-9-7-17-13(11(9)6-10)8-3-4-16-12(15)5-8;2*1-10(2,3)13(11(4,5)6)12(7,8)9;1-7-5-3-2-4-6-7;;;/h1-9,11-12H,10,13H2;1-6H,7H2;2*1-9H3;2-6H,1H2;1H;;/q;;;;-1;;;+2/p-1. The first-order valence-electron chi connectivity index (χ1n) is 25.7. The van der Waals surface area contributed by atoms with Crippen LogP contribution < -0.4 is 0 Å². The molecule has 0 saturated heterocycles. The maximum Gasteiger partial charge on any atom is 0 e. The van der Waals surface area contributed by atoms with Gasteiger partial charge in [-0.3, -0.25) is 9.98 Å². The second-order valence-electron chi connectivity index (χ2n) is 24.7. The Morgan fingerprint density at radius 1 is 0.487 bits per heavy atom. The van der Waals surface area contributed by atoms with Crippen LogP contribution in [0.25, 0.3) is 0 Å². The number of hydrogen-bond acceptors (Lipinski definition) is 4. The SMILES string of the molecule is CC(C)(C)P(C(C)(C)C)C(C)(C)C.CC(C)(C)P(C(C)(C)C)C(C)(C)C.Fc1cc(C2=NCc3ccc(Br)cc32)ccn1.Fc1cc(C2=NCc3ccc(Cc4ccccc4)cc32)ccn1.[CH2-]c1ccccc1.[Cl][Zn+].[Pd]. The van der Waals surface area contributed by atoms with Crippen molar-refractivity contribution in [2.24, 2.45) is 9.98 Å². The Kier molecular flexibility index (Phi) is 27.4. The second-order valence-corrected chi connectivity index (χ2v) is 35.0. The van der Waals surface area contributed by atoms with E-state index in [0.29, 0.717) is 44.0 Å². The molecule has 4 aromatic carbocycles. The van der Waals surface area contributed by atoms with Gasteiger partial charge in [-0.1, -0.05) is 211 Å². The minimum Gasteiger partial charge on any atom is 0 e. The van der Waals surface area contributed by atoms with E-state index in [-0.39, 0.29) is 36.3 Å². The number of fused-ring (bicyclic) bond motifs is 2. The molecule has 0 atom stereocenters. The van der Waals surface area contributed by atoms with Gasteiger partial charge in [-0.2, -0.15) is 33.4 Å². The van der Waals surface area contributed by atoms with Crippen LogP contribution in [0.15, 0.2) is 148 Å². The summed E-state index contributed by atoms with van der Waals surface area (Å²) in [4.78, 5) is 16.2. The Hall–Kier alpha value is -2.83. The van der Waals surface area contributed by atoms with Crippen molar-refractivity contribution in [1.29, 1.82) is 0 Å². The molecular formula is C64H84BrClF2N4P2PdZn. The number of benzene rings is 4. The van der Waals surface area contributed by atoms with Gasteiger partial charge in [0, 0.05) is 71.7 Å². The van der Waals surface area contributed by atoms with Crippen molar-refractivity contribution in [1.82, 2.24) is 9.97 Å². The molecule has 6 aromatic rings. The minimum atomic E-state index is -0.478. The molecule has 2 aliphatic rings. The molecule has 76 heavy (non-hydrogen) atoms. The van der Waals surface area contributed by atoms with Crippen molar-refractivity contribution in [3.05, 3.63) is 207 Å². The topological polar surface area (TPSA) is 50.5 Å². The summed E-state index contributed by atoms with van der Waals surface area (Å²) < 4.78 is 27.5. The van der Waals surface area contributed by atoms with E-state index in [1.807, 2.05) is 54.6 Å². The molecule has 0 unspecified atom stereocenters. The fourth-order valence-corrected chi connectivity index (χ4v) is 23.9. The zero-order valence-electron chi connectivity index (χ0n) is 48.7. The fourth-order valence-electron chi connectivity index (χ4n) is 11.4. The van der Waals surface area contributed by atoms with Gasteiger partial charge in [0.1, 0.15) is 0 Å². The van der Waals surface area contributed by atoms with E-state index in [9.17, 15) is 8.78 Å². The smallest absolute Gasteiger partial charge is 0 e. The first kappa shape index (κ1) is 69.3. The third-order valence-corrected chi connectivity index (χ3v) is 20.2. The van der Waals surface area contributed by atoms with Crippen molar-refractivity contribution in [3.63, 3.8) is 0 Å². The molecule has 0 radical (unpaired) electrons. The van der Waals surface area contributed by atoms with Crippen LogP contribution in [0.2, 0.25) is 0 Å². The molecule has 12 heteroatoms. The molecule has 4 nitrogen and oxygen atoms in total. The number of nitrogens with zero attached hydrogens (tertiary/aromatic N) is 4. The van der Waals surface area contributed by atoms with Crippen LogP contribution in [0.3, 0.4) is 0 Å². The number of pyridine rings is 2. The normalized spacial score (nSPS) is 13.0. The molecule has 410 valence electrons. The number of hydrogen-bond donors (Lipinski definition) is 0. The first-order chi connectivity index (χ1) is 34.7. The maximum absolute atomic E-state index is 13.4. The summed E-state index contributed by atoms with van der Waals surface area (Å²) in [6.07, 6.45) is 3.83. The number of halogens is 4. The van der Waals surface area contributed by atoms with Crippen LogP contribution in [0.4, 0.5) is 8.78 Å². The quantitative estimate of drug-likeness (QED) is 0.0764. The van der Waals surface area contributed by atoms with E-state index >= 15 is 0 Å². The van der Waals surface area contributed by atoms with Crippen molar-refractivity contribution in [2.45, 2.75) is 175 Å². The predicted octanol–water partition coefficient (Wildman–Crippen LogP) is 19.8. The Bertz CT molecular complexity index is 2680. The van der Waals surface area contributed by atoms with Crippen molar-refractivity contribution in [2.75, 3.05) is 0 Å². The van der Waals surface area contributed by atoms with Gasteiger partial charge in [0.25, 0.3) is 0 Å². The molecule has 0 spiro atoms. The van der Waals surface area contributed by atoms with Crippen LogP contribution in [-0.4, -0.2) is 52.3 Å². The fraction of sp³-hybridized carbons (Fsp3) is 0.422. The van der Waals surface area contributed by atoms with Crippen LogP contribution in [0.5, 0.6) is 0 Å². The monoisotopic (exact) mass is 1290 g/mol. The average molecular weight is 1300 g/mol. The van der Waals surface area contributed by atoms with Gasteiger partial charge < -0.3 is 0 Å². The van der Waals surface area contributed by atoms with E-state index in [0.717, 1.165) is 67.4 Å². The van der Waals surface area contributed by atoms with Gasteiger partial charge in [0.15, 0.2) is 0 Å². The molecule has 0 amide bonds. The predicted molar refractivity (Wildman–Crippen MR) is 326 cm³/mol. The summed E-state index contributed by atoms with van der Waals surface area (Å²) in [7, 11) is 4.80. The molecule has 0 aliphatic carbocycles. The van der Waals surface area contributed by atoms with Crippen LogP contribution in [0.1, 0.15) is 175 Å². The maximum atomic E-state index is 13.4. The van der Waals surface area contributed by atoms with E-state index in [4.69, 9.17) is 9.69 Å². The molecule has 0 bridgehead atoms. The Morgan fingerprint density at radius 3 is 1.17 bits per heavy atom. The Labute approximate surface area is 497 Å². The van der Waals surface area contributed by atoms with Gasteiger partial charge in [-0.25, -0.2) is 9.97 Å². The van der Waals surface area contributed by atoms with Crippen molar-refractivity contribution in [3.8, 4) is 0 Å². The summed E-state index contributed by atoms with van der Waals surface area (Å²) in [5.74, 6) is -0.951. The molecule has 8 rings (SSSR count). The second kappa shape index (κ2) is 30.1. The zero-order valence-corrected chi connectivity index (χ0v) is 57.4. The molecule has 0 fully saturated rings. The van der Waals surface area contributed by atoms with Gasteiger partial charge in [0.2, 0.25) is 11.9 Å². The summed E-state index contributed by atoms with van der Waals surface area (Å²) in [5.41, 5.74) is 11.4. The number of rotatable bonds is 4. The van der Waals surface area contributed by atoms with Gasteiger partial charge in [-0.15, -0.1) is 12.1 Å². The van der Waals surface area contributed by atoms with E-state index in [2.05, 4.69) is 210 Å². The van der Waals surface area contributed by atoms with E-state index in [1.165, 1.54) is 46.8 Å². The Balaban J connectivity index is 0.000000336. The third-order valence-electron chi connectivity index (χ3n) is 11.7. The molecular weight excluding hydrogens is 1210 g/mol. The van der Waals surface area contributed by atoms with E-state index in [1.54, 1.807) is 12.1 Å². The minimum absolute atomic E-state index is 0. The summed E-state index contributed by atoms with van der Waals surface area (Å²) in [5, 5.41) is 2.70. The molecule has 2 aromatic heterocycles. The Morgan fingerprint density at radius 2 is 0.842 bits per heavy atom. The first-order valence-corrected chi connectivity index (χ1v) is 33.1. The molecule has 0 saturated carbocycles. The zero-order chi connectivity index (χ0) is 56.7. The van der Waals surface area contributed by atoms with Crippen LogP contribution in [-0.2, 0) is 57.2 Å². The summed E-state index contributed by atoms with van der Waals surface area (Å²) in [6.45, 7) is 47.9. The third kappa shape index (κ3) is 22.4. The van der Waals surface area contributed by atoms with Crippen LogP contribution >= 0.6 is 41.5 Å². The summed E-state index contributed by atoms with van der Waals surface area (Å²) in [6, 6.07) is 39.2. The number of aromatic nitrogens is 2. The van der Waals surface area contributed by atoms with Crippen molar-refractivity contribution < 1.29 is 46.5 Å². The van der Waals surface area contributed by atoms with Gasteiger partial charge in [-0.05, 0) is 89.9 Å². The van der Waals surface area contributed by atoms with E-state index < -0.39 is 11.9 Å². The largest absolute Gasteiger partial charge is 0 e. The number of aliphatic imine (C=N–C) groups is 2.